The van der Waals surface area contributed by atoms with Gasteiger partial charge in [-0.2, -0.15) is 0 Å². The highest BCUT2D eigenvalue weighted by molar-refractivity contribution is 5.97. The molecule has 4 aliphatic heterocycles. The number of carbonyl (C=O) groups is 3. The van der Waals surface area contributed by atoms with Gasteiger partial charge in [-0.05, 0) is 57.2 Å². The SMILES string of the molecule is Cc1noc(C)c1C(=O)N1C[C@H]2c3cccc4c3OC[C@@]2(CNC(=O)CN(C(=O)c2cc3c([nH]c2=O)CCC3)CCCO4)C1. The molecule has 2 N–H and O–H groups in total. The van der Waals surface area contributed by atoms with Crippen LogP contribution in [0, 0.1) is 19.3 Å². The molecule has 1 fully saturated rings. The van der Waals surface area contributed by atoms with Crippen molar-refractivity contribution in [2.24, 2.45) is 5.41 Å². The van der Waals surface area contributed by atoms with Gasteiger partial charge in [0.15, 0.2) is 11.5 Å². The molecule has 230 valence electrons. The molecular formula is C32H35N5O7. The molecule has 0 unspecified atom stereocenters. The van der Waals surface area contributed by atoms with Crippen LogP contribution in [0.25, 0.3) is 0 Å². The summed E-state index contributed by atoms with van der Waals surface area (Å²) >= 11 is 0. The lowest BCUT2D eigenvalue weighted by Crippen LogP contribution is -2.51. The Hall–Kier alpha value is -4.61. The number of carbonyl (C=O) groups excluding carboxylic acids is 3. The van der Waals surface area contributed by atoms with E-state index in [0.717, 1.165) is 36.1 Å². The summed E-state index contributed by atoms with van der Waals surface area (Å²) in [5.41, 5.74) is 2.76. The summed E-state index contributed by atoms with van der Waals surface area (Å²) in [6, 6.07) is 7.44. The predicted octanol–water partition coefficient (Wildman–Crippen LogP) is 2.13. The maximum absolute atomic E-state index is 13.7. The molecule has 0 saturated carbocycles. The second-order valence-corrected chi connectivity index (χ2v) is 12.3. The molecule has 3 amide bonds. The third-order valence-corrected chi connectivity index (χ3v) is 9.48. The Labute approximate surface area is 253 Å². The fourth-order valence-electron chi connectivity index (χ4n) is 7.20. The summed E-state index contributed by atoms with van der Waals surface area (Å²) in [4.78, 5) is 59.7. The van der Waals surface area contributed by atoms with Gasteiger partial charge < -0.3 is 34.1 Å². The average Bonchev–Trinajstić information content (AvgIpc) is 3.73. The number of likely N-dealkylation sites (tertiary alicyclic amines) is 1. The number of hydrogen-bond acceptors (Lipinski definition) is 8. The topological polar surface area (TPSA) is 147 Å². The molecule has 12 heteroatoms. The Balaban J connectivity index is 1.19. The van der Waals surface area contributed by atoms with Gasteiger partial charge in [0.05, 0.1) is 25.5 Å². The zero-order valence-electron chi connectivity index (χ0n) is 24.9. The van der Waals surface area contributed by atoms with Crippen LogP contribution in [-0.4, -0.2) is 83.6 Å². The number of pyridine rings is 1. The van der Waals surface area contributed by atoms with Gasteiger partial charge in [-0.3, -0.25) is 19.2 Å². The molecule has 2 atom stereocenters. The van der Waals surface area contributed by atoms with E-state index in [2.05, 4.69) is 15.5 Å². The summed E-state index contributed by atoms with van der Waals surface area (Å²) in [6.07, 6.45) is 2.98. The van der Waals surface area contributed by atoms with Crippen LogP contribution in [0.1, 0.15) is 67.8 Å². The molecule has 1 aliphatic carbocycles. The number of ether oxygens (including phenoxy) is 2. The molecule has 1 aromatic carbocycles. The van der Waals surface area contributed by atoms with E-state index in [4.69, 9.17) is 14.0 Å². The number of hydrogen-bond donors (Lipinski definition) is 2. The minimum absolute atomic E-state index is 0.0470. The van der Waals surface area contributed by atoms with Gasteiger partial charge in [-0.1, -0.05) is 17.3 Å². The van der Waals surface area contributed by atoms with Crippen molar-refractivity contribution in [1.29, 1.82) is 0 Å². The third kappa shape index (κ3) is 4.72. The quantitative estimate of drug-likeness (QED) is 0.454. The smallest absolute Gasteiger partial charge is 0.261 e. The molecule has 8 rings (SSSR count). The van der Waals surface area contributed by atoms with Gasteiger partial charge in [0.1, 0.15) is 16.9 Å². The normalized spacial score (nSPS) is 22.9. The van der Waals surface area contributed by atoms with Crippen LogP contribution >= 0.6 is 0 Å². The molecule has 12 nitrogen and oxygen atoms in total. The van der Waals surface area contributed by atoms with E-state index in [1.54, 1.807) is 24.8 Å². The van der Waals surface area contributed by atoms with E-state index in [-0.39, 0.29) is 56.1 Å². The molecule has 2 aromatic heterocycles. The van der Waals surface area contributed by atoms with Crippen molar-refractivity contribution in [2.75, 3.05) is 45.9 Å². The maximum atomic E-state index is 13.7. The molecule has 3 aromatic rings. The number of nitrogens with zero attached hydrogens (tertiary/aromatic N) is 3. The van der Waals surface area contributed by atoms with E-state index in [1.807, 2.05) is 18.2 Å². The monoisotopic (exact) mass is 601 g/mol. The number of aryl methyl sites for hydroxylation is 4. The Bertz CT molecular complexity index is 1710. The van der Waals surface area contributed by atoms with Crippen molar-refractivity contribution in [3.63, 3.8) is 0 Å². The summed E-state index contributed by atoms with van der Waals surface area (Å²) < 4.78 is 17.8. The van der Waals surface area contributed by atoms with Gasteiger partial charge in [0.2, 0.25) is 5.91 Å². The zero-order valence-corrected chi connectivity index (χ0v) is 24.9. The minimum Gasteiger partial charge on any atom is -0.490 e. The highest BCUT2D eigenvalue weighted by atomic mass is 16.5. The fourth-order valence-corrected chi connectivity index (χ4v) is 7.20. The number of amides is 3. The van der Waals surface area contributed by atoms with Gasteiger partial charge in [-0.25, -0.2) is 0 Å². The van der Waals surface area contributed by atoms with E-state index in [1.165, 1.54) is 4.90 Å². The fraction of sp³-hybridized carbons (Fsp3) is 0.469. The standard InChI is InChI=1S/C32H35N5O7/c1-18-27(19(2)44-35-18)31(41)37-13-23-21-7-4-9-25-28(21)43-17-32(23,16-37)15-33-26(38)14-36(10-5-11-42-25)30(40)22-12-20-6-3-8-24(20)34-29(22)39/h4,7,9,12,23H,3,5-6,8,10-11,13-17H2,1-2H3,(H,33,38)(H,34,39)/t23-,32+/m0/s1. The van der Waals surface area contributed by atoms with E-state index < -0.39 is 16.9 Å². The Morgan fingerprint density at radius 2 is 1.93 bits per heavy atom. The van der Waals surface area contributed by atoms with E-state index in [0.29, 0.717) is 48.0 Å². The average molecular weight is 602 g/mol. The van der Waals surface area contributed by atoms with Crippen LogP contribution in [0.4, 0.5) is 0 Å². The number of aromatic nitrogens is 2. The van der Waals surface area contributed by atoms with Crippen LogP contribution in [-0.2, 0) is 17.6 Å². The van der Waals surface area contributed by atoms with Gasteiger partial charge in [0.25, 0.3) is 17.4 Å². The zero-order chi connectivity index (χ0) is 30.6. The predicted molar refractivity (Wildman–Crippen MR) is 157 cm³/mol. The highest BCUT2D eigenvalue weighted by Crippen LogP contribution is 2.52. The molecule has 1 spiro atoms. The number of rotatable bonds is 2. The molecule has 0 radical (unpaired) electrons. The van der Waals surface area contributed by atoms with Gasteiger partial charge in [0, 0.05) is 48.8 Å². The number of nitrogens with one attached hydrogen (secondary N) is 2. The number of benzene rings is 1. The number of aromatic amines is 1. The van der Waals surface area contributed by atoms with Crippen LogP contribution < -0.4 is 20.3 Å². The lowest BCUT2D eigenvalue weighted by molar-refractivity contribution is -0.122. The number of para-hydroxylation sites is 1. The number of H-pyrrole nitrogens is 1. The molecule has 5 aliphatic rings. The summed E-state index contributed by atoms with van der Waals surface area (Å²) in [7, 11) is 0. The number of fused-ring (bicyclic) bond motifs is 10. The van der Waals surface area contributed by atoms with Crippen molar-refractivity contribution in [1.82, 2.24) is 25.3 Å². The first-order valence-electron chi connectivity index (χ1n) is 15.2. The van der Waals surface area contributed by atoms with Crippen molar-refractivity contribution >= 4 is 17.7 Å². The van der Waals surface area contributed by atoms with Crippen LogP contribution in [0.3, 0.4) is 0 Å². The third-order valence-electron chi connectivity index (χ3n) is 9.48. The van der Waals surface area contributed by atoms with Crippen molar-refractivity contribution in [3.05, 3.63) is 74.0 Å². The first-order chi connectivity index (χ1) is 21.2. The van der Waals surface area contributed by atoms with Crippen molar-refractivity contribution < 1.29 is 28.4 Å². The van der Waals surface area contributed by atoms with Crippen LogP contribution in [0.15, 0.2) is 33.6 Å². The van der Waals surface area contributed by atoms with Crippen molar-refractivity contribution in [2.45, 2.75) is 45.4 Å². The highest BCUT2D eigenvalue weighted by Gasteiger charge is 2.53. The van der Waals surface area contributed by atoms with E-state index >= 15 is 0 Å². The summed E-state index contributed by atoms with van der Waals surface area (Å²) in [6.45, 7) is 5.02. The van der Waals surface area contributed by atoms with Crippen molar-refractivity contribution in [3.8, 4) is 11.5 Å². The second-order valence-electron chi connectivity index (χ2n) is 12.3. The first-order valence-corrected chi connectivity index (χ1v) is 15.2. The first kappa shape index (κ1) is 28.2. The molecule has 44 heavy (non-hydrogen) atoms. The molecular weight excluding hydrogens is 566 g/mol. The van der Waals surface area contributed by atoms with Gasteiger partial charge >= 0.3 is 0 Å². The Morgan fingerprint density at radius 1 is 1.07 bits per heavy atom. The van der Waals surface area contributed by atoms with Crippen LogP contribution in [0.2, 0.25) is 0 Å². The molecule has 6 heterocycles. The lowest BCUT2D eigenvalue weighted by Gasteiger charge is -2.40. The van der Waals surface area contributed by atoms with Gasteiger partial charge in [-0.15, -0.1) is 0 Å². The Morgan fingerprint density at radius 3 is 2.75 bits per heavy atom. The lowest BCUT2D eigenvalue weighted by atomic mass is 9.73. The maximum Gasteiger partial charge on any atom is 0.261 e. The van der Waals surface area contributed by atoms with E-state index in [9.17, 15) is 19.2 Å². The Kier molecular flexibility index (Phi) is 6.94. The molecule has 1 saturated heterocycles. The second kappa shape index (κ2) is 10.8. The summed E-state index contributed by atoms with van der Waals surface area (Å²) in [5, 5.41) is 7.01. The largest absolute Gasteiger partial charge is 0.490 e. The molecule has 4 bridgehead atoms. The van der Waals surface area contributed by atoms with Crippen LogP contribution in [0.5, 0.6) is 11.5 Å². The minimum atomic E-state index is -0.619. The summed E-state index contributed by atoms with van der Waals surface area (Å²) in [5.74, 6) is 0.557.